The number of nitrogens with zero attached hydrogens (tertiary/aromatic N) is 7. The molecule has 1 unspecified atom stereocenters. The molecule has 0 aliphatic carbocycles. The third-order valence-corrected chi connectivity index (χ3v) is 6.13. The van der Waals surface area contributed by atoms with E-state index in [1.54, 1.807) is 49.6 Å². The first-order chi connectivity index (χ1) is 18.6. The molecule has 4 rings (SSSR count). The number of imidazole rings is 1. The van der Waals surface area contributed by atoms with Gasteiger partial charge in [0, 0.05) is 43.7 Å². The number of aryl methyl sites for hydroxylation is 2. The zero-order valence-corrected chi connectivity index (χ0v) is 24.4. The van der Waals surface area contributed by atoms with Gasteiger partial charge in [0.25, 0.3) is 0 Å². The number of ether oxygens (including phenoxy) is 2. The molecule has 0 radical (unpaired) electrons. The molecular weight excluding hydrogens is 512 g/mol. The van der Waals surface area contributed by atoms with Gasteiger partial charge in [-0.2, -0.15) is 5.10 Å². The highest BCUT2D eigenvalue weighted by molar-refractivity contribution is 5.89. The van der Waals surface area contributed by atoms with E-state index in [-0.39, 0.29) is 6.09 Å². The number of esters is 1. The van der Waals surface area contributed by atoms with E-state index < -0.39 is 23.2 Å². The molecule has 40 heavy (non-hydrogen) atoms. The van der Waals surface area contributed by atoms with Crippen molar-refractivity contribution in [2.24, 2.45) is 5.73 Å². The fourth-order valence-electron chi connectivity index (χ4n) is 4.36. The summed E-state index contributed by atoms with van der Waals surface area (Å²) < 4.78 is 14.7. The van der Waals surface area contributed by atoms with Crippen LogP contribution < -0.4 is 5.73 Å². The standard InChI is InChI=1S/C28H38N8O4/c1-17-33-24-20(35(17)12-9-11-34(8)26(38)40-28(5,6)7)14-18(15-30-24)19-10-13-36-23(19)22(31-16-32-36)21(29)25(37)39-27(2,3)4/h10,13-16,21H,9,11-12,29H2,1-8H3. The highest BCUT2D eigenvalue weighted by Crippen LogP contribution is 2.31. The Morgan fingerprint density at radius 2 is 1.80 bits per heavy atom. The van der Waals surface area contributed by atoms with Crippen LogP contribution in [0.2, 0.25) is 0 Å². The van der Waals surface area contributed by atoms with Gasteiger partial charge < -0.3 is 24.7 Å². The lowest BCUT2D eigenvalue weighted by molar-refractivity contribution is -0.156. The van der Waals surface area contributed by atoms with Crippen LogP contribution in [0.5, 0.6) is 0 Å². The Morgan fingerprint density at radius 3 is 2.48 bits per heavy atom. The number of rotatable bonds is 7. The number of hydrogen-bond acceptors (Lipinski definition) is 9. The van der Waals surface area contributed by atoms with Crippen molar-refractivity contribution in [2.45, 2.75) is 78.7 Å². The molecule has 0 fully saturated rings. The minimum atomic E-state index is -1.09. The van der Waals surface area contributed by atoms with Crippen molar-refractivity contribution in [3.05, 3.63) is 42.4 Å². The van der Waals surface area contributed by atoms with Crippen molar-refractivity contribution in [1.82, 2.24) is 34.0 Å². The van der Waals surface area contributed by atoms with Gasteiger partial charge in [-0.15, -0.1) is 0 Å². The van der Waals surface area contributed by atoms with Crippen molar-refractivity contribution >= 4 is 28.7 Å². The Balaban J connectivity index is 1.63. The van der Waals surface area contributed by atoms with Crippen LogP contribution in [0.3, 0.4) is 0 Å². The number of carbonyl (C=O) groups is 2. The van der Waals surface area contributed by atoms with Crippen LogP contribution in [0.4, 0.5) is 4.79 Å². The first-order valence-electron chi connectivity index (χ1n) is 13.2. The number of pyridine rings is 1. The maximum atomic E-state index is 12.8. The quantitative estimate of drug-likeness (QED) is 0.337. The highest BCUT2D eigenvalue weighted by Gasteiger charge is 2.28. The fraction of sp³-hybridized carbons (Fsp3) is 0.500. The smallest absolute Gasteiger partial charge is 0.410 e. The van der Waals surface area contributed by atoms with E-state index in [0.717, 1.165) is 22.5 Å². The Bertz CT molecular complexity index is 1540. The summed E-state index contributed by atoms with van der Waals surface area (Å²) in [4.78, 5) is 40.3. The Labute approximate surface area is 233 Å². The van der Waals surface area contributed by atoms with Crippen molar-refractivity contribution in [3.63, 3.8) is 0 Å². The van der Waals surface area contributed by atoms with E-state index >= 15 is 0 Å². The molecule has 1 atom stereocenters. The van der Waals surface area contributed by atoms with E-state index in [9.17, 15) is 9.59 Å². The molecule has 0 aliphatic rings. The lowest BCUT2D eigenvalue weighted by Gasteiger charge is -2.24. The maximum absolute atomic E-state index is 12.8. The monoisotopic (exact) mass is 550 g/mol. The molecule has 0 bridgehead atoms. The fourth-order valence-corrected chi connectivity index (χ4v) is 4.36. The topological polar surface area (TPSA) is 143 Å². The second-order valence-corrected chi connectivity index (χ2v) is 11.8. The van der Waals surface area contributed by atoms with Gasteiger partial charge in [0.15, 0.2) is 5.65 Å². The minimum absolute atomic E-state index is 0.355. The first kappa shape index (κ1) is 28.9. The summed E-state index contributed by atoms with van der Waals surface area (Å²) >= 11 is 0. The molecule has 4 heterocycles. The third kappa shape index (κ3) is 6.39. The second-order valence-electron chi connectivity index (χ2n) is 11.8. The average molecular weight is 551 g/mol. The largest absolute Gasteiger partial charge is 0.459 e. The lowest BCUT2D eigenvalue weighted by atomic mass is 10.1. The van der Waals surface area contributed by atoms with Crippen LogP contribution >= 0.6 is 0 Å². The molecule has 2 N–H and O–H groups in total. The van der Waals surface area contributed by atoms with Gasteiger partial charge in [-0.1, -0.05) is 0 Å². The minimum Gasteiger partial charge on any atom is -0.459 e. The van der Waals surface area contributed by atoms with Crippen molar-refractivity contribution in [1.29, 1.82) is 0 Å². The van der Waals surface area contributed by atoms with E-state index in [0.29, 0.717) is 36.4 Å². The van der Waals surface area contributed by atoms with Gasteiger partial charge in [0.05, 0.1) is 16.7 Å². The predicted octanol–water partition coefficient (Wildman–Crippen LogP) is 4.05. The predicted molar refractivity (Wildman–Crippen MR) is 151 cm³/mol. The maximum Gasteiger partial charge on any atom is 0.410 e. The molecule has 4 aromatic rings. The Hall–Kier alpha value is -4.06. The molecule has 1 amide bonds. The summed E-state index contributed by atoms with van der Waals surface area (Å²) in [5.41, 5.74) is 9.10. The normalized spacial score (nSPS) is 13.0. The van der Waals surface area contributed by atoms with Gasteiger partial charge in [0.2, 0.25) is 0 Å². The SMILES string of the molecule is Cc1nc2ncc(-c3ccn4ncnc(C(N)C(=O)OC(C)(C)C)c34)cc2n1CCCN(C)C(=O)OC(C)(C)C. The highest BCUT2D eigenvalue weighted by atomic mass is 16.6. The van der Waals surface area contributed by atoms with E-state index in [2.05, 4.69) is 24.6 Å². The molecule has 0 saturated carbocycles. The van der Waals surface area contributed by atoms with E-state index in [1.807, 2.05) is 39.8 Å². The van der Waals surface area contributed by atoms with Gasteiger partial charge in [-0.3, -0.25) is 0 Å². The van der Waals surface area contributed by atoms with Crippen LogP contribution in [0, 0.1) is 6.92 Å². The van der Waals surface area contributed by atoms with Crippen LogP contribution in [-0.4, -0.2) is 70.9 Å². The molecule has 12 heteroatoms. The summed E-state index contributed by atoms with van der Waals surface area (Å²) in [6, 6.07) is 2.80. The molecule has 4 aromatic heterocycles. The van der Waals surface area contributed by atoms with Crippen LogP contribution in [-0.2, 0) is 20.8 Å². The summed E-state index contributed by atoms with van der Waals surface area (Å²) in [6.45, 7) is 14.0. The number of nitrogens with two attached hydrogens (primary N) is 1. The number of carbonyl (C=O) groups excluding carboxylic acids is 2. The number of amides is 1. The average Bonchev–Trinajstić information content (AvgIpc) is 3.41. The van der Waals surface area contributed by atoms with Crippen LogP contribution in [0.25, 0.3) is 27.8 Å². The zero-order valence-electron chi connectivity index (χ0n) is 24.4. The van der Waals surface area contributed by atoms with Crippen molar-refractivity contribution in [3.8, 4) is 11.1 Å². The first-order valence-corrected chi connectivity index (χ1v) is 13.2. The number of aromatic nitrogens is 6. The summed E-state index contributed by atoms with van der Waals surface area (Å²) in [7, 11) is 1.73. The summed E-state index contributed by atoms with van der Waals surface area (Å²) in [6.07, 6.45) is 5.23. The number of hydrogen-bond donors (Lipinski definition) is 1. The van der Waals surface area contributed by atoms with Crippen molar-refractivity contribution in [2.75, 3.05) is 13.6 Å². The molecular formula is C28H38N8O4. The van der Waals surface area contributed by atoms with E-state index in [1.165, 1.54) is 6.33 Å². The molecule has 0 aromatic carbocycles. The molecule has 214 valence electrons. The third-order valence-electron chi connectivity index (χ3n) is 6.13. The van der Waals surface area contributed by atoms with Crippen molar-refractivity contribution < 1.29 is 19.1 Å². The summed E-state index contributed by atoms with van der Waals surface area (Å²) in [5.74, 6) is 0.246. The second kappa shape index (κ2) is 10.8. The Morgan fingerprint density at radius 1 is 1.10 bits per heavy atom. The molecule has 0 spiro atoms. The van der Waals surface area contributed by atoms with Gasteiger partial charge in [0.1, 0.15) is 29.4 Å². The number of fused-ring (bicyclic) bond motifs is 2. The van der Waals surface area contributed by atoms with E-state index in [4.69, 9.17) is 15.2 Å². The Kier molecular flexibility index (Phi) is 7.84. The van der Waals surface area contributed by atoms with Crippen LogP contribution in [0.15, 0.2) is 30.9 Å². The zero-order chi connectivity index (χ0) is 29.4. The van der Waals surface area contributed by atoms with Gasteiger partial charge >= 0.3 is 12.1 Å². The lowest BCUT2D eigenvalue weighted by Crippen LogP contribution is -2.35. The summed E-state index contributed by atoms with van der Waals surface area (Å²) in [5, 5.41) is 4.30. The van der Waals surface area contributed by atoms with Gasteiger partial charge in [-0.05, 0) is 67.0 Å². The molecule has 0 saturated heterocycles. The molecule has 0 aliphatic heterocycles. The van der Waals surface area contributed by atoms with Gasteiger partial charge in [-0.25, -0.2) is 29.1 Å². The van der Waals surface area contributed by atoms with Crippen LogP contribution in [0.1, 0.15) is 65.5 Å². The molecule has 12 nitrogen and oxygen atoms in total.